The number of nitrogens with zero attached hydrogens (tertiary/aromatic N) is 1. The summed E-state index contributed by atoms with van der Waals surface area (Å²) in [5, 5.41) is 0.245. The fraction of sp³-hybridized carbons (Fsp3) is 0.286. The van der Waals surface area contributed by atoms with Crippen LogP contribution in [0.1, 0.15) is 40.9 Å². The van der Waals surface area contributed by atoms with Gasteiger partial charge in [-0.25, -0.2) is 14.4 Å². The first kappa shape index (κ1) is 21.6. The van der Waals surface area contributed by atoms with Gasteiger partial charge in [0.15, 0.2) is 11.5 Å². The van der Waals surface area contributed by atoms with E-state index in [1.54, 1.807) is 19.2 Å². The summed E-state index contributed by atoms with van der Waals surface area (Å²) in [5.74, 6) is 0.332. The van der Waals surface area contributed by atoms with Gasteiger partial charge in [-0.2, -0.15) is 0 Å². The van der Waals surface area contributed by atoms with Crippen LogP contribution in [0.15, 0.2) is 30.3 Å². The van der Waals surface area contributed by atoms with E-state index in [4.69, 9.17) is 32.5 Å². The lowest BCUT2D eigenvalue weighted by Crippen LogP contribution is -2.63. The smallest absolute Gasteiger partial charge is 0.431 e. The number of fused-ring (bicyclic) bond motifs is 1. The number of carbonyl (C=O) groups excluding carboxylic acids is 3. The number of rotatable bonds is 6. The standard InChI is InChI=1S/C21H21ClN3O5/c1-3-30-17-11-12(8-10-16(17)29-2)7-9-15-18-13(5-4-6-14(18)22)19(26)25(15,20(23)27)21(24)28/h4,6,8,10-11,15H,3,7,9H2,1-2H3,(H3-,23,24,27,28)/p+1. The fourth-order valence-corrected chi connectivity index (χ4v) is 4.19. The zero-order valence-electron chi connectivity index (χ0n) is 16.6. The molecule has 1 aliphatic heterocycles. The molecule has 0 bridgehead atoms. The first-order chi connectivity index (χ1) is 14.3. The largest absolute Gasteiger partial charge is 0.493 e. The van der Waals surface area contributed by atoms with Crippen LogP contribution >= 0.6 is 11.6 Å². The normalized spacial score (nSPS) is 16.8. The highest BCUT2D eigenvalue weighted by atomic mass is 35.5. The number of quaternary nitrogens is 1. The van der Waals surface area contributed by atoms with Gasteiger partial charge < -0.3 is 20.9 Å². The second kappa shape index (κ2) is 8.33. The maximum Gasteiger partial charge on any atom is 0.431 e. The van der Waals surface area contributed by atoms with Crippen LogP contribution in [0.5, 0.6) is 11.5 Å². The van der Waals surface area contributed by atoms with E-state index in [0.717, 1.165) is 5.56 Å². The van der Waals surface area contributed by atoms with Crippen molar-refractivity contribution in [3.8, 4) is 11.5 Å². The third-order valence-corrected chi connectivity index (χ3v) is 5.58. The monoisotopic (exact) mass is 431 g/mol. The van der Waals surface area contributed by atoms with Gasteiger partial charge in [-0.3, -0.25) is 0 Å². The third kappa shape index (κ3) is 3.28. The topological polar surface area (TPSA) is 122 Å². The van der Waals surface area contributed by atoms with Crippen LogP contribution < -0.4 is 20.9 Å². The van der Waals surface area contributed by atoms with Crippen molar-refractivity contribution in [1.82, 2.24) is 0 Å². The Morgan fingerprint density at radius 3 is 2.50 bits per heavy atom. The third-order valence-electron chi connectivity index (χ3n) is 5.25. The Morgan fingerprint density at radius 1 is 1.20 bits per heavy atom. The summed E-state index contributed by atoms with van der Waals surface area (Å²) in [7, 11) is 1.54. The first-order valence-electron chi connectivity index (χ1n) is 9.32. The van der Waals surface area contributed by atoms with Crippen LogP contribution in [-0.2, 0) is 6.42 Å². The van der Waals surface area contributed by atoms with Gasteiger partial charge >= 0.3 is 18.0 Å². The summed E-state index contributed by atoms with van der Waals surface area (Å²) >= 11 is 6.33. The molecule has 157 valence electrons. The number of amides is 5. The number of hydrogen-bond donors (Lipinski definition) is 2. The average molecular weight is 432 g/mol. The number of hydrogen-bond acceptors (Lipinski definition) is 5. The summed E-state index contributed by atoms with van der Waals surface area (Å²) in [5.41, 5.74) is 12.3. The molecule has 2 aromatic rings. The van der Waals surface area contributed by atoms with E-state index in [0.29, 0.717) is 30.1 Å². The molecule has 0 fully saturated rings. The van der Waals surface area contributed by atoms with Crippen molar-refractivity contribution >= 4 is 29.6 Å². The van der Waals surface area contributed by atoms with Crippen molar-refractivity contribution < 1.29 is 28.3 Å². The van der Waals surface area contributed by atoms with Gasteiger partial charge in [0, 0.05) is 18.1 Å². The lowest BCUT2D eigenvalue weighted by molar-refractivity contribution is -0.711. The molecule has 1 unspecified atom stereocenters. The van der Waals surface area contributed by atoms with Crippen molar-refractivity contribution in [2.24, 2.45) is 11.5 Å². The molecule has 1 heterocycles. The highest BCUT2D eigenvalue weighted by molar-refractivity contribution is 6.32. The van der Waals surface area contributed by atoms with Crippen molar-refractivity contribution in [1.29, 1.82) is 0 Å². The minimum atomic E-state index is -1.34. The molecule has 5 amide bonds. The highest BCUT2D eigenvalue weighted by Crippen LogP contribution is 2.46. The number of primary amides is 2. The number of halogens is 1. The summed E-state index contributed by atoms with van der Waals surface area (Å²) in [6, 6.07) is 7.92. The van der Waals surface area contributed by atoms with Crippen LogP contribution in [0, 0.1) is 6.07 Å². The highest BCUT2D eigenvalue weighted by Gasteiger charge is 2.63. The average Bonchev–Trinajstić information content (AvgIpc) is 2.97. The molecule has 1 atom stereocenters. The second-order valence-electron chi connectivity index (χ2n) is 6.79. The van der Waals surface area contributed by atoms with E-state index in [1.807, 2.05) is 19.1 Å². The van der Waals surface area contributed by atoms with Crippen molar-refractivity contribution in [2.45, 2.75) is 25.8 Å². The maximum atomic E-state index is 13.0. The van der Waals surface area contributed by atoms with Crippen molar-refractivity contribution in [3.05, 3.63) is 58.1 Å². The second-order valence-corrected chi connectivity index (χ2v) is 7.20. The number of imide groups is 3. The number of methoxy groups -OCH3 is 1. The molecule has 1 aliphatic rings. The number of carbonyl (C=O) groups is 3. The quantitative estimate of drug-likeness (QED) is 0.679. The number of aryl methyl sites for hydroxylation is 1. The Bertz CT molecular complexity index is 1010. The number of nitrogens with two attached hydrogens (primary N) is 2. The zero-order valence-corrected chi connectivity index (χ0v) is 17.4. The molecule has 0 saturated carbocycles. The van der Waals surface area contributed by atoms with E-state index in [2.05, 4.69) is 6.07 Å². The molecule has 4 N–H and O–H groups in total. The molecule has 0 saturated heterocycles. The van der Waals surface area contributed by atoms with Gasteiger partial charge in [0.05, 0.1) is 24.3 Å². The summed E-state index contributed by atoms with van der Waals surface area (Å²) in [6.45, 7) is 2.32. The van der Waals surface area contributed by atoms with Gasteiger partial charge in [-0.05, 0) is 37.1 Å². The Hall–Kier alpha value is -3.10. The molecule has 9 heteroatoms. The van der Waals surface area contributed by atoms with Crippen LogP contribution in [-0.4, -0.2) is 36.2 Å². The Kier molecular flexibility index (Phi) is 6.00. The van der Waals surface area contributed by atoms with Crippen LogP contribution in [0.4, 0.5) is 9.59 Å². The lowest BCUT2D eigenvalue weighted by Gasteiger charge is -2.29. The maximum absolute atomic E-state index is 13.0. The summed E-state index contributed by atoms with van der Waals surface area (Å²) < 4.78 is 9.54. The van der Waals surface area contributed by atoms with E-state index < -0.39 is 28.5 Å². The van der Waals surface area contributed by atoms with Crippen LogP contribution in [0.3, 0.4) is 0 Å². The van der Waals surface area contributed by atoms with E-state index >= 15 is 0 Å². The van der Waals surface area contributed by atoms with E-state index in [-0.39, 0.29) is 17.0 Å². The SMILES string of the molecule is CCOc1cc(CCC2c3c([c]ccc3Cl)C(=O)[N+]2(C(N)=O)C(N)=O)ccc1OC. The Labute approximate surface area is 178 Å². The number of ether oxygens (including phenoxy) is 2. The van der Waals surface area contributed by atoms with Gasteiger partial charge in [0.25, 0.3) is 0 Å². The molecule has 0 aliphatic carbocycles. The lowest BCUT2D eigenvalue weighted by atomic mass is 9.97. The Morgan fingerprint density at radius 2 is 1.90 bits per heavy atom. The minimum absolute atomic E-state index is 0.0508. The predicted octanol–water partition coefficient (Wildman–Crippen LogP) is 3.35. The molecule has 8 nitrogen and oxygen atoms in total. The van der Waals surface area contributed by atoms with Crippen molar-refractivity contribution in [3.63, 3.8) is 0 Å². The van der Waals surface area contributed by atoms with Crippen LogP contribution in [0.2, 0.25) is 5.02 Å². The molecule has 3 rings (SSSR count). The van der Waals surface area contributed by atoms with Crippen LogP contribution in [0.25, 0.3) is 0 Å². The fourth-order valence-electron chi connectivity index (χ4n) is 3.90. The molecule has 0 aromatic heterocycles. The van der Waals surface area contributed by atoms with Gasteiger partial charge in [0.1, 0.15) is 6.04 Å². The van der Waals surface area contributed by atoms with Crippen molar-refractivity contribution in [2.75, 3.05) is 13.7 Å². The van der Waals surface area contributed by atoms with Gasteiger partial charge in [-0.15, -0.1) is 0 Å². The van der Waals surface area contributed by atoms with E-state index in [1.165, 1.54) is 6.07 Å². The number of benzene rings is 2. The van der Waals surface area contributed by atoms with E-state index in [9.17, 15) is 14.4 Å². The molecule has 30 heavy (non-hydrogen) atoms. The molecular formula is C21H22ClN3O5+. The minimum Gasteiger partial charge on any atom is -0.493 e. The zero-order chi connectivity index (χ0) is 22.1. The Balaban J connectivity index is 2.03. The predicted molar refractivity (Wildman–Crippen MR) is 109 cm³/mol. The molecule has 1 radical (unpaired) electrons. The molecule has 0 spiro atoms. The summed E-state index contributed by atoms with van der Waals surface area (Å²) in [4.78, 5) is 37.8. The molecule has 2 aromatic carbocycles. The molecular weight excluding hydrogens is 410 g/mol. The van der Waals surface area contributed by atoms with Gasteiger partial charge in [0.2, 0.25) is 0 Å². The first-order valence-corrected chi connectivity index (χ1v) is 9.70. The number of urea groups is 2. The summed E-state index contributed by atoms with van der Waals surface area (Å²) in [6.07, 6.45) is 0.604. The van der Waals surface area contributed by atoms with Gasteiger partial charge in [-0.1, -0.05) is 28.2 Å².